The molecule has 10 heteroatoms. The van der Waals surface area contributed by atoms with E-state index in [0.29, 0.717) is 23.5 Å². The summed E-state index contributed by atoms with van der Waals surface area (Å²) in [7, 11) is -1.79. The largest absolute Gasteiger partial charge is 0.366 e. The summed E-state index contributed by atoms with van der Waals surface area (Å²) >= 11 is 1.30. The van der Waals surface area contributed by atoms with Crippen molar-refractivity contribution in [2.45, 2.75) is 51.2 Å². The number of nitrogens with one attached hydrogen (secondary N) is 2. The third-order valence-corrected chi connectivity index (χ3v) is 7.14. The third kappa shape index (κ3) is 5.81. The number of thiazole rings is 1. The molecule has 0 radical (unpaired) electrons. The van der Waals surface area contributed by atoms with Gasteiger partial charge in [0.05, 0.1) is 5.51 Å². The van der Waals surface area contributed by atoms with Crippen LogP contribution in [0.1, 0.15) is 37.5 Å². The fourth-order valence-corrected chi connectivity index (χ4v) is 4.54. The van der Waals surface area contributed by atoms with Gasteiger partial charge in [0.25, 0.3) is 10.0 Å². The molecule has 7 nitrogen and oxygen atoms in total. The molecular weight excluding hydrogens is 449 g/mol. The van der Waals surface area contributed by atoms with Crippen molar-refractivity contribution in [2.75, 3.05) is 17.1 Å². The predicted molar refractivity (Wildman–Crippen MR) is 127 cm³/mol. The second-order valence-corrected chi connectivity index (χ2v) is 11.0. The van der Waals surface area contributed by atoms with Crippen molar-refractivity contribution in [3.63, 3.8) is 0 Å². The Morgan fingerprint density at radius 2 is 1.97 bits per heavy atom. The van der Waals surface area contributed by atoms with Gasteiger partial charge in [-0.05, 0) is 58.0 Å². The van der Waals surface area contributed by atoms with E-state index in [0.717, 1.165) is 5.56 Å². The van der Waals surface area contributed by atoms with E-state index in [4.69, 9.17) is 0 Å². The number of benzene rings is 1. The lowest BCUT2D eigenvalue weighted by Gasteiger charge is -2.32. The number of hydrogen-bond acceptors (Lipinski definition) is 7. The summed E-state index contributed by atoms with van der Waals surface area (Å²) in [5.41, 5.74) is 3.58. The molecule has 0 aliphatic rings. The predicted octanol–water partition coefficient (Wildman–Crippen LogP) is 4.63. The lowest BCUT2D eigenvalue weighted by atomic mass is 10.0. The van der Waals surface area contributed by atoms with Crippen LogP contribution in [0.5, 0.6) is 0 Å². The zero-order valence-electron chi connectivity index (χ0n) is 18.8. The highest BCUT2D eigenvalue weighted by molar-refractivity contribution is 7.92. The molecule has 172 valence electrons. The number of anilines is 2. The molecule has 0 saturated heterocycles. The zero-order valence-corrected chi connectivity index (χ0v) is 20.4. The minimum Gasteiger partial charge on any atom is -0.366 e. The summed E-state index contributed by atoms with van der Waals surface area (Å²) in [6.45, 7) is 8.91. The number of aryl methyl sites for hydroxylation is 1. The first-order chi connectivity index (χ1) is 15.0. The van der Waals surface area contributed by atoms with Crippen LogP contribution < -0.4 is 10.0 Å². The summed E-state index contributed by atoms with van der Waals surface area (Å²) in [5, 5.41) is 4.76. The van der Waals surface area contributed by atoms with Crippen molar-refractivity contribution in [3.05, 3.63) is 63.9 Å². The fourth-order valence-electron chi connectivity index (χ4n) is 2.95. The molecule has 0 aliphatic carbocycles. The van der Waals surface area contributed by atoms with Crippen molar-refractivity contribution in [3.8, 4) is 0 Å². The number of pyridine rings is 1. The average Bonchev–Trinajstić information content (AvgIpc) is 3.20. The van der Waals surface area contributed by atoms with Crippen molar-refractivity contribution >= 4 is 33.0 Å². The number of hydrogen-bond donors (Lipinski definition) is 2. The lowest BCUT2D eigenvalue weighted by molar-refractivity contribution is 0.167. The molecule has 2 heterocycles. The van der Waals surface area contributed by atoms with Crippen LogP contribution in [0.15, 0.2) is 46.2 Å². The van der Waals surface area contributed by atoms with Gasteiger partial charge in [0.2, 0.25) is 0 Å². The second kappa shape index (κ2) is 9.51. The van der Waals surface area contributed by atoms with Gasteiger partial charge < -0.3 is 5.32 Å². The molecule has 0 unspecified atom stereocenters. The minimum absolute atomic E-state index is 0.0342. The molecule has 3 aromatic rings. The Bertz CT molecular complexity index is 1180. The Labute approximate surface area is 192 Å². The lowest BCUT2D eigenvalue weighted by Crippen LogP contribution is -2.37. The van der Waals surface area contributed by atoms with Crippen LogP contribution in [0.25, 0.3) is 0 Å². The van der Waals surface area contributed by atoms with Crippen LogP contribution >= 0.6 is 11.3 Å². The molecule has 2 N–H and O–H groups in total. The molecule has 0 bridgehead atoms. The monoisotopic (exact) mass is 477 g/mol. The van der Waals surface area contributed by atoms with Crippen LogP contribution in [0.2, 0.25) is 0 Å². The molecular formula is C22H28FN5O2S2. The van der Waals surface area contributed by atoms with E-state index >= 15 is 0 Å². The second-order valence-electron chi connectivity index (χ2n) is 8.57. The minimum atomic E-state index is -3.79. The molecule has 1 aromatic carbocycles. The Hall–Kier alpha value is -2.56. The van der Waals surface area contributed by atoms with Gasteiger partial charge in [-0.25, -0.2) is 22.8 Å². The molecule has 0 atom stereocenters. The molecule has 2 aromatic heterocycles. The van der Waals surface area contributed by atoms with E-state index in [9.17, 15) is 12.8 Å². The van der Waals surface area contributed by atoms with Gasteiger partial charge in [-0.3, -0.25) is 9.62 Å². The van der Waals surface area contributed by atoms with Gasteiger partial charge in [0.1, 0.15) is 16.5 Å². The van der Waals surface area contributed by atoms with E-state index < -0.39 is 10.0 Å². The van der Waals surface area contributed by atoms with Crippen molar-refractivity contribution in [1.29, 1.82) is 0 Å². The molecule has 3 rings (SSSR count). The van der Waals surface area contributed by atoms with E-state index in [-0.39, 0.29) is 28.6 Å². The van der Waals surface area contributed by atoms with Crippen LogP contribution in [0, 0.1) is 12.7 Å². The van der Waals surface area contributed by atoms with Crippen molar-refractivity contribution < 1.29 is 12.8 Å². The highest BCUT2D eigenvalue weighted by Crippen LogP contribution is 2.23. The zero-order chi connectivity index (χ0) is 23.5. The molecule has 32 heavy (non-hydrogen) atoms. The van der Waals surface area contributed by atoms with Crippen LogP contribution in [-0.4, -0.2) is 35.9 Å². The number of aromatic nitrogens is 2. The summed E-state index contributed by atoms with van der Waals surface area (Å²) in [5.74, 6) is 0.472. The summed E-state index contributed by atoms with van der Waals surface area (Å²) < 4.78 is 42.2. The Balaban J connectivity index is 1.77. The maximum atomic E-state index is 14.6. The number of nitrogens with zero attached hydrogens (tertiary/aromatic N) is 3. The van der Waals surface area contributed by atoms with Gasteiger partial charge in [-0.15, -0.1) is 11.3 Å². The molecule has 0 saturated carbocycles. The van der Waals surface area contributed by atoms with Crippen LogP contribution in [-0.2, 0) is 23.1 Å². The molecule has 0 aliphatic heterocycles. The maximum Gasteiger partial charge on any atom is 0.264 e. The van der Waals surface area contributed by atoms with E-state index in [1.165, 1.54) is 29.7 Å². The van der Waals surface area contributed by atoms with Crippen LogP contribution in [0.4, 0.5) is 16.0 Å². The highest BCUT2D eigenvalue weighted by atomic mass is 32.2. The smallest absolute Gasteiger partial charge is 0.264 e. The van der Waals surface area contributed by atoms with Crippen molar-refractivity contribution in [1.82, 2.24) is 14.9 Å². The Morgan fingerprint density at radius 3 is 2.59 bits per heavy atom. The molecule has 0 fully saturated rings. The third-order valence-electron chi connectivity index (χ3n) is 5.24. The Kier molecular flexibility index (Phi) is 7.16. The van der Waals surface area contributed by atoms with Crippen LogP contribution in [0.3, 0.4) is 0 Å². The number of halogens is 1. The van der Waals surface area contributed by atoms with Gasteiger partial charge in [-0.1, -0.05) is 12.1 Å². The van der Waals surface area contributed by atoms with E-state index in [2.05, 4.69) is 45.7 Å². The van der Waals surface area contributed by atoms with E-state index in [1.807, 2.05) is 13.1 Å². The SMILES string of the molecule is Cc1cc(S(=O)(=O)Nc2cscn2)cnc1NCc1c(F)cccc1CN(C)C(C)(C)C. The molecule has 0 spiro atoms. The maximum absolute atomic E-state index is 14.6. The first-order valence-corrected chi connectivity index (χ1v) is 12.5. The number of rotatable bonds is 8. The summed E-state index contributed by atoms with van der Waals surface area (Å²) in [6, 6.07) is 6.60. The molecule has 0 amide bonds. The highest BCUT2D eigenvalue weighted by Gasteiger charge is 2.20. The summed E-state index contributed by atoms with van der Waals surface area (Å²) in [4.78, 5) is 10.4. The topological polar surface area (TPSA) is 87.2 Å². The number of sulfonamides is 1. The Morgan fingerprint density at radius 1 is 1.22 bits per heavy atom. The average molecular weight is 478 g/mol. The van der Waals surface area contributed by atoms with Gasteiger partial charge >= 0.3 is 0 Å². The quantitative estimate of drug-likeness (QED) is 0.492. The first kappa shape index (κ1) is 24.1. The standard InChI is InChI=1S/C22H28FN5O2S2/c1-15-9-17(32(29,30)27-20-13-31-14-26-20)10-24-21(15)25-11-18-16(7-6-8-19(18)23)12-28(5)22(2,3)4/h6-10,13-14,27H,11-12H2,1-5H3,(H,24,25). The van der Waals surface area contributed by atoms with E-state index in [1.54, 1.807) is 23.9 Å². The van der Waals surface area contributed by atoms with Gasteiger partial charge in [-0.2, -0.15) is 0 Å². The van der Waals surface area contributed by atoms with Gasteiger partial charge in [0.15, 0.2) is 5.82 Å². The van der Waals surface area contributed by atoms with Gasteiger partial charge in [0, 0.05) is 35.8 Å². The van der Waals surface area contributed by atoms with Crippen molar-refractivity contribution in [2.24, 2.45) is 0 Å². The first-order valence-electron chi connectivity index (χ1n) is 10.1. The normalized spacial score (nSPS) is 12.2. The summed E-state index contributed by atoms with van der Waals surface area (Å²) in [6.07, 6.45) is 1.28. The fraction of sp³-hybridized carbons (Fsp3) is 0.364.